The number of aliphatic hydroxyl groups is 4. The largest absolute Gasteiger partial charge is 0.748 e. The smallest absolute Gasteiger partial charge is 0.204 e. The van der Waals surface area contributed by atoms with Gasteiger partial charge in [-0.15, -0.1) is 0 Å². The Morgan fingerprint density at radius 2 is 1.26 bits per heavy atom. The van der Waals surface area contributed by atoms with Crippen LogP contribution in [0.1, 0.15) is 121 Å². The Bertz CT molecular complexity index is 3170. The Morgan fingerprint density at radius 3 is 1.84 bits per heavy atom. The van der Waals surface area contributed by atoms with E-state index in [9.17, 15) is 46.4 Å². The third kappa shape index (κ3) is 27.9. The van der Waals surface area contributed by atoms with Gasteiger partial charge in [0.2, 0.25) is 5.69 Å². The third-order valence-electron chi connectivity index (χ3n) is 16.2. The molecule has 4 N–H and O–H groups in total. The summed E-state index contributed by atoms with van der Waals surface area (Å²) in [6, 6.07) is 23.0. The SMILES string of the molecule is CCC1(CC)C(/C=C/C2=C(CCC3OC(O)C(O)C(O)C3O)C(=C/C=C3/N(CCCS(=O)(=O)[O-])c4ccc5cc(C)cc(C)c5c4C3(CC)CC)/CCC2)=[N+](CCCS(=O)(=O)[O-])c2ccc3c[c-]c[c-]c3c21.[Y].[Y].[Y].[Y].[Y].[Y].[Y].[Y].[Y].[Y].[Y].[Y].[Y].[Y].[Y]. The van der Waals surface area contributed by atoms with E-state index in [1.54, 1.807) is 6.07 Å². The fraction of sp³-hybridized carbons (Fsp3) is 0.491. The number of allylic oxidation sites excluding steroid dienone is 8. The molecule has 0 aromatic heterocycles. The van der Waals surface area contributed by atoms with E-state index in [2.05, 4.69) is 118 Å². The van der Waals surface area contributed by atoms with Crippen LogP contribution < -0.4 is 4.90 Å². The van der Waals surface area contributed by atoms with Gasteiger partial charge in [-0.2, -0.15) is 10.6 Å². The third-order valence-corrected chi connectivity index (χ3v) is 17.8. The number of aryl methyl sites for hydroxylation is 2. The van der Waals surface area contributed by atoms with Gasteiger partial charge >= 0.3 is 0 Å². The van der Waals surface area contributed by atoms with Gasteiger partial charge in [0, 0.05) is 544 Å². The monoisotopic (exact) mass is 2360 g/mol. The van der Waals surface area contributed by atoms with Crippen molar-refractivity contribution < 1.29 is 546 Å². The first-order chi connectivity index (χ1) is 34.2. The predicted molar refractivity (Wildman–Crippen MR) is 279 cm³/mol. The maximum absolute atomic E-state index is 12.0. The zero-order chi connectivity index (χ0) is 51.9. The van der Waals surface area contributed by atoms with E-state index >= 15 is 0 Å². The number of hydrogen-bond donors (Lipinski definition) is 4. The summed E-state index contributed by atoms with van der Waals surface area (Å²) in [5.41, 5.74) is 10.6. The first-order valence-corrected chi connectivity index (χ1v) is 28.8. The average molecular weight is 2360 g/mol. The molecule has 5 unspecified atom stereocenters. The van der Waals surface area contributed by atoms with Crippen molar-refractivity contribution in [3.63, 3.8) is 0 Å². The molecule has 15 radical (unpaired) electrons. The molecule has 13 nitrogen and oxygen atoms in total. The molecule has 1 saturated heterocycles. The van der Waals surface area contributed by atoms with Crippen molar-refractivity contribution in [2.24, 2.45) is 0 Å². The molecule has 1 aliphatic carbocycles. The van der Waals surface area contributed by atoms with Crippen LogP contribution in [0.15, 0.2) is 95.3 Å². The second-order valence-electron chi connectivity index (χ2n) is 20.2. The zero-order valence-electron chi connectivity index (χ0n) is 50.9. The molecule has 4 aromatic carbocycles. The number of aliphatic hydroxyl groups excluding tert-OH is 4. The molecule has 3 aliphatic heterocycles. The molecular formula is C57H69N2O11S2Y15-3. The first kappa shape index (κ1) is 115. The predicted octanol–water partition coefficient (Wildman–Crippen LogP) is 8.20. The Morgan fingerprint density at radius 1 is 0.690 bits per heavy atom. The number of ether oxygens (including phenoxy) is 1. The van der Waals surface area contributed by atoms with Crippen molar-refractivity contribution >= 4 is 58.9 Å². The summed E-state index contributed by atoms with van der Waals surface area (Å²) in [6.07, 6.45) is 7.15. The van der Waals surface area contributed by atoms with Crippen LogP contribution >= 0.6 is 0 Å². The maximum atomic E-state index is 12.0. The van der Waals surface area contributed by atoms with E-state index in [-0.39, 0.29) is 510 Å². The summed E-state index contributed by atoms with van der Waals surface area (Å²) in [5, 5.41) is 47.0. The summed E-state index contributed by atoms with van der Waals surface area (Å²) in [6.45, 7) is 13.5. The molecule has 87 heavy (non-hydrogen) atoms. The van der Waals surface area contributed by atoms with E-state index in [1.165, 1.54) is 10.9 Å². The van der Waals surface area contributed by atoms with Gasteiger partial charge in [-0.05, 0) is 135 Å². The van der Waals surface area contributed by atoms with Gasteiger partial charge in [-0.25, -0.2) is 27.6 Å². The molecule has 4 aromatic rings. The van der Waals surface area contributed by atoms with E-state index in [4.69, 9.17) is 4.74 Å². The maximum Gasteiger partial charge on any atom is 0.204 e. The first-order valence-electron chi connectivity index (χ1n) is 25.6. The van der Waals surface area contributed by atoms with Crippen LogP contribution in [0.4, 0.5) is 11.4 Å². The van der Waals surface area contributed by atoms with Crippen molar-refractivity contribution in [3.05, 3.63) is 130 Å². The van der Waals surface area contributed by atoms with Crippen molar-refractivity contribution in [2.75, 3.05) is 29.5 Å². The average Bonchev–Trinajstić information content (AvgIpc) is 3.77. The van der Waals surface area contributed by atoms with Crippen molar-refractivity contribution in [1.82, 2.24) is 0 Å². The number of benzene rings is 4. The fourth-order valence-electron chi connectivity index (χ4n) is 12.6. The Labute approximate surface area is 896 Å². The fourth-order valence-corrected chi connectivity index (χ4v) is 13.6. The molecule has 8 rings (SSSR count). The van der Waals surface area contributed by atoms with Crippen LogP contribution in [-0.4, -0.2) is 112 Å². The van der Waals surface area contributed by atoms with Crippen LogP contribution in [0.2, 0.25) is 0 Å². The van der Waals surface area contributed by atoms with Crippen LogP contribution in [0.25, 0.3) is 21.5 Å². The van der Waals surface area contributed by atoms with E-state index < -0.39 is 73.3 Å². The number of rotatable bonds is 18. The Kier molecular flexibility index (Phi) is 69.9. The van der Waals surface area contributed by atoms with Crippen LogP contribution in [0, 0.1) is 26.0 Å². The van der Waals surface area contributed by atoms with Crippen LogP contribution in [-0.2, 0) is 526 Å². The van der Waals surface area contributed by atoms with Crippen molar-refractivity contribution in [2.45, 2.75) is 154 Å². The minimum Gasteiger partial charge on any atom is -0.748 e. The molecule has 0 spiro atoms. The van der Waals surface area contributed by atoms with E-state index in [0.29, 0.717) is 32.4 Å². The van der Waals surface area contributed by atoms with E-state index in [1.807, 2.05) is 12.1 Å². The molecule has 3 heterocycles. The van der Waals surface area contributed by atoms with Gasteiger partial charge in [0.05, 0.1) is 31.8 Å². The number of nitrogens with zero attached hydrogens (tertiary/aromatic N) is 2. The van der Waals surface area contributed by atoms with E-state index in [0.717, 1.165) is 104 Å². The number of hydrogen-bond acceptors (Lipinski definition) is 12. The van der Waals surface area contributed by atoms with Gasteiger partial charge in [-0.1, -0.05) is 63.6 Å². The molecular weight excluding hydrogens is 2290 g/mol. The minimum absolute atomic E-state index is 0. The summed E-state index contributed by atoms with van der Waals surface area (Å²) < 4.78 is 79.5. The van der Waals surface area contributed by atoms with Gasteiger partial charge in [0.15, 0.2) is 12.0 Å². The number of anilines is 1. The Hall–Kier alpha value is 12.0. The summed E-state index contributed by atoms with van der Waals surface area (Å²) in [4.78, 5) is 2.20. The molecule has 0 saturated carbocycles. The molecule has 30 heteroatoms. The Balaban J connectivity index is -0.000000693. The summed E-state index contributed by atoms with van der Waals surface area (Å²) >= 11 is 0. The van der Waals surface area contributed by atoms with Crippen molar-refractivity contribution in [3.8, 4) is 0 Å². The quantitative estimate of drug-likeness (QED) is 0.0422. The second-order valence-corrected chi connectivity index (χ2v) is 23.2. The van der Waals surface area contributed by atoms with Gasteiger partial charge in [0.1, 0.15) is 24.9 Å². The van der Waals surface area contributed by atoms with Gasteiger partial charge in [-0.3, -0.25) is 6.07 Å². The molecule has 0 bridgehead atoms. The summed E-state index contributed by atoms with van der Waals surface area (Å²) in [5.74, 6) is -0.997. The molecule has 4 aliphatic rings. The van der Waals surface area contributed by atoms with Crippen LogP contribution in [0.3, 0.4) is 0 Å². The minimum atomic E-state index is -4.47. The normalized spacial score (nSPS) is 20.2. The van der Waals surface area contributed by atoms with Gasteiger partial charge in [0.25, 0.3) is 0 Å². The topological polar surface area (TPSA) is 211 Å². The number of fused-ring (bicyclic) bond motifs is 6. The van der Waals surface area contributed by atoms with Gasteiger partial charge < -0.3 is 57.4 Å². The standard InChI is InChI=1S/C57H71N2O11S2.15Y/c1-7-56(8-2)47(58(30-14-32-71(64,65)66)44-25-20-40-16-11-12-19-43(40)50(44)56)28-22-38-17-13-18-39(42(38)24-27-46-52(60)53(61)54(62)55(63)70-46)23-29-48-57(9-3,10-4)51-45(59(48)31-15-33-72(67,68)69)26-21-41-35-36(5)34-37(6)49(41)51;;;;;;;;;;;;;;;/h12,16,20-23,25-26,28-29,34-35,46,52-55,60-63H,7-10,13-15,17-18,24,27,30-33H2,1-6H3,(H,64,65,66)(H,67,68,69);;;;;;;;;;;;;;;/q-1;;;;;;;;;;;;;;;/p-2. The molecule has 433 valence electrons. The summed E-state index contributed by atoms with van der Waals surface area (Å²) in [7, 11) is -8.94. The van der Waals surface area contributed by atoms with Crippen molar-refractivity contribution in [1.29, 1.82) is 0 Å². The zero-order valence-corrected chi connectivity index (χ0v) is 95.1. The molecule has 0 amide bonds. The molecule has 1 fully saturated rings. The second kappa shape index (κ2) is 52.9. The molecule has 5 atom stereocenters. The van der Waals surface area contributed by atoms with Crippen LogP contribution in [0.5, 0.6) is 0 Å².